The molecule has 2 N–H and O–H groups in total. The van der Waals surface area contributed by atoms with Crippen LogP contribution in [0.3, 0.4) is 0 Å². The van der Waals surface area contributed by atoms with E-state index in [1.807, 2.05) is 26.0 Å². The lowest BCUT2D eigenvalue weighted by Gasteiger charge is -2.16. The number of benzene rings is 1. The smallest absolute Gasteiger partial charge is 0.323 e. The zero-order valence-electron chi connectivity index (χ0n) is 10.2. The third-order valence-corrected chi connectivity index (χ3v) is 3.03. The lowest BCUT2D eigenvalue weighted by Crippen LogP contribution is -2.37. The summed E-state index contributed by atoms with van der Waals surface area (Å²) in [6.45, 7) is 4.14. The van der Waals surface area contributed by atoms with E-state index in [9.17, 15) is 4.79 Å². The van der Waals surface area contributed by atoms with Crippen LogP contribution in [0.25, 0.3) is 0 Å². The summed E-state index contributed by atoms with van der Waals surface area (Å²) in [6.07, 6.45) is 0.855. The molecule has 0 heterocycles. The molecule has 0 radical (unpaired) electrons. The van der Waals surface area contributed by atoms with Gasteiger partial charge < -0.3 is 10.5 Å². The van der Waals surface area contributed by atoms with E-state index in [4.69, 9.17) is 22.1 Å². The number of carbonyl (C=O) groups excluding carboxylic acids is 1. The van der Waals surface area contributed by atoms with E-state index in [0.29, 0.717) is 5.02 Å². The third kappa shape index (κ3) is 4.36. The number of ether oxygens (including phenoxy) is 1. The number of hydrogen-bond acceptors (Lipinski definition) is 3. The van der Waals surface area contributed by atoms with Gasteiger partial charge in [0.25, 0.3) is 0 Å². The summed E-state index contributed by atoms with van der Waals surface area (Å²) < 4.78 is 5.15. The Bertz CT molecular complexity index is 381. The van der Waals surface area contributed by atoms with Gasteiger partial charge in [0.05, 0.1) is 0 Å². The fourth-order valence-electron chi connectivity index (χ4n) is 1.36. The van der Waals surface area contributed by atoms with Crippen LogP contribution in [0.5, 0.6) is 0 Å². The quantitative estimate of drug-likeness (QED) is 0.823. The average molecular weight is 256 g/mol. The van der Waals surface area contributed by atoms with Crippen molar-refractivity contribution in [1.82, 2.24) is 0 Å². The Balaban J connectivity index is 2.48. The summed E-state index contributed by atoms with van der Waals surface area (Å²) >= 11 is 5.83. The van der Waals surface area contributed by atoms with E-state index >= 15 is 0 Å². The standard InChI is InChI=1S/C13H18ClNO2/c1-3-9(2)12(15)13(16)17-8-10-5-4-6-11(14)7-10/h4-7,9,12H,3,8,15H2,1-2H3/t9?,12-/m0/s1. The second kappa shape index (κ2) is 6.62. The van der Waals surface area contributed by atoms with E-state index < -0.39 is 6.04 Å². The van der Waals surface area contributed by atoms with E-state index in [2.05, 4.69) is 0 Å². The molecule has 0 spiro atoms. The van der Waals surface area contributed by atoms with Crippen LogP contribution < -0.4 is 5.73 Å². The summed E-state index contributed by atoms with van der Waals surface area (Å²) in [6, 6.07) is 6.66. The molecule has 0 amide bonds. The predicted octanol–water partition coefficient (Wildman–Crippen LogP) is 2.76. The van der Waals surface area contributed by atoms with Crippen molar-refractivity contribution in [3.05, 3.63) is 34.9 Å². The molecule has 4 heteroatoms. The molecular weight excluding hydrogens is 238 g/mol. The van der Waals surface area contributed by atoms with Crippen LogP contribution in [-0.4, -0.2) is 12.0 Å². The Hall–Kier alpha value is -1.06. The van der Waals surface area contributed by atoms with E-state index in [-0.39, 0.29) is 18.5 Å². The first kappa shape index (κ1) is 14.0. The number of carbonyl (C=O) groups is 1. The lowest BCUT2D eigenvalue weighted by molar-refractivity contribution is -0.147. The van der Waals surface area contributed by atoms with Crippen molar-refractivity contribution in [2.75, 3.05) is 0 Å². The highest BCUT2D eigenvalue weighted by Gasteiger charge is 2.20. The van der Waals surface area contributed by atoms with Crippen LogP contribution in [0.1, 0.15) is 25.8 Å². The van der Waals surface area contributed by atoms with Gasteiger partial charge in [-0.05, 0) is 23.6 Å². The Morgan fingerprint density at radius 3 is 2.82 bits per heavy atom. The minimum atomic E-state index is -0.556. The first-order valence-corrected chi connectivity index (χ1v) is 6.09. The summed E-state index contributed by atoms with van der Waals surface area (Å²) in [7, 11) is 0. The third-order valence-electron chi connectivity index (χ3n) is 2.80. The molecule has 0 bridgehead atoms. The van der Waals surface area contributed by atoms with Crippen molar-refractivity contribution in [3.8, 4) is 0 Å². The molecule has 1 aromatic carbocycles. The van der Waals surface area contributed by atoms with Crippen molar-refractivity contribution in [3.63, 3.8) is 0 Å². The summed E-state index contributed by atoms with van der Waals surface area (Å²) in [5, 5.41) is 0.629. The Kier molecular flexibility index (Phi) is 5.45. The predicted molar refractivity (Wildman–Crippen MR) is 68.7 cm³/mol. The van der Waals surface area contributed by atoms with Gasteiger partial charge in [0.1, 0.15) is 12.6 Å². The van der Waals surface area contributed by atoms with E-state index in [1.54, 1.807) is 12.1 Å². The molecule has 3 nitrogen and oxygen atoms in total. The second-order valence-electron chi connectivity index (χ2n) is 4.15. The van der Waals surface area contributed by atoms with Gasteiger partial charge in [0.15, 0.2) is 0 Å². The topological polar surface area (TPSA) is 52.3 Å². The maximum atomic E-state index is 11.6. The highest BCUT2D eigenvalue weighted by atomic mass is 35.5. The Morgan fingerprint density at radius 1 is 1.53 bits per heavy atom. The zero-order chi connectivity index (χ0) is 12.8. The van der Waals surface area contributed by atoms with E-state index in [0.717, 1.165) is 12.0 Å². The molecular formula is C13H18ClNO2. The number of hydrogen-bond donors (Lipinski definition) is 1. The van der Waals surface area contributed by atoms with Gasteiger partial charge in [0.2, 0.25) is 0 Å². The van der Waals surface area contributed by atoms with Gasteiger partial charge in [-0.25, -0.2) is 0 Å². The maximum absolute atomic E-state index is 11.6. The van der Waals surface area contributed by atoms with Crippen LogP contribution in [0.2, 0.25) is 5.02 Å². The molecule has 0 aliphatic rings. The van der Waals surface area contributed by atoms with Crippen molar-refractivity contribution < 1.29 is 9.53 Å². The maximum Gasteiger partial charge on any atom is 0.323 e. The highest BCUT2D eigenvalue weighted by Crippen LogP contribution is 2.13. The van der Waals surface area contributed by atoms with Crippen molar-refractivity contribution in [2.24, 2.45) is 11.7 Å². The average Bonchev–Trinajstić information content (AvgIpc) is 2.34. The SMILES string of the molecule is CCC(C)[C@H](N)C(=O)OCc1cccc(Cl)c1. The van der Waals surface area contributed by atoms with Crippen LogP contribution >= 0.6 is 11.6 Å². The molecule has 17 heavy (non-hydrogen) atoms. The van der Waals surface area contributed by atoms with Gasteiger partial charge in [-0.15, -0.1) is 0 Å². The summed E-state index contributed by atoms with van der Waals surface area (Å²) in [5.74, 6) is -0.235. The van der Waals surface area contributed by atoms with Crippen molar-refractivity contribution in [2.45, 2.75) is 32.9 Å². The van der Waals surface area contributed by atoms with Gasteiger partial charge in [0, 0.05) is 5.02 Å². The van der Waals surface area contributed by atoms with Crippen LogP contribution in [0, 0.1) is 5.92 Å². The van der Waals surface area contributed by atoms with Gasteiger partial charge >= 0.3 is 5.97 Å². The Labute approximate surface area is 107 Å². The van der Waals surface area contributed by atoms with E-state index in [1.165, 1.54) is 0 Å². The summed E-state index contributed by atoms with van der Waals surface area (Å²) in [4.78, 5) is 11.6. The molecule has 0 aliphatic heterocycles. The first-order chi connectivity index (χ1) is 8.04. The number of halogens is 1. The minimum absolute atomic E-state index is 0.127. The lowest BCUT2D eigenvalue weighted by atomic mass is 10.0. The van der Waals surface area contributed by atoms with Crippen LogP contribution in [0.4, 0.5) is 0 Å². The second-order valence-corrected chi connectivity index (χ2v) is 4.59. The van der Waals surface area contributed by atoms with Crippen molar-refractivity contribution in [1.29, 1.82) is 0 Å². The molecule has 1 unspecified atom stereocenters. The van der Waals surface area contributed by atoms with Crippen LogP contribution in [-0.2, 0) is 16.1 Å². The molecule has 1 aromatic rings. The molecule has 0 aromatic heterocycles. The van der Waals surface area contributed by atoms with Gasteiger partial charge in [-0.2, -0.15) is 0 Å². The highest BCUT2D eigenvalue weighted by molar-refractivity contribution is 6.30. The molecule has 0 aliphatic carbocycles. The normalized spacial score (nSPS) is 14.1. The number of esters is 1. The van der Waals surface area contributed by atoms with Crippen molar-refractivity contribution >= 4 is 17.6 Å². The monoisotopic (exact) mass is 255 g/mol. The molecule has 0 fully saturated rings. The molecule has 2 atom stereocenters. The number of nitrogens with two attached hydrogens (primary N) is 1. The van der Waals surface area contributed by atoms with Gasteiger partial charge in [-0.3, -0.25) is 4.79 Å². The van der Waals surface area contributed by atoms with Gasteiger partial charge in [-0.1, -0.05) is 44.0 Å². The number of rotatable bonds is 5. The minimum Gasteiger partial charge on any atom is -0.460 e. The fourth-order valence-corrected chi connectivity index (χ4v) is 1.58. The van der Waals surface area contributed by atoms with Crippen LogP contribution in [0.15, 0.2) is 24.3 Å². The summed E-state index contributed by atoms with van der Waals surface area (Å²) in [5.41, 5.74) is 6.63. The molecule has 1 rings (SSSR count). The molecule has 0 saturated heterocycles. The zero-order valence-corrected chi connectivity index (χ0v) is 10.9. The fraction of sp³-hybridized carbons (Fsp3) is 0.462. The largest absolute Gasteiger partial charge is 0.460 e. The molecule has 94 valence electrons. The first-order valence-electron chi connectivity index (χ1n) is 5.71. The Morgan fingerprint density at radius 2 is 2.24 bits per heavy atom. The molecule has 0 saturated carbocycles.